The summed E-state index contributed by atoms with van der Waals surface area (Å²) in [7, 11) is 0. The van der Waals surface area contributed by atoms with Crippen LogP contribution in [0.25, 0.3) is 0 Å². The molecule has 1 saturated heterocycles. The van der Waals surface area contributed by atoms with Gasteiger partial charge in [0.05, 0.1) is 11.4 Å². The first kappa shape index (κ1) is 23.0. The smallest absolute Gasteiger partial charge is 0.191 e. The molecule has 1 atom stereocenters. The molecule has 6 nitrogen and oxygen atoms in total. The van der Waals surface area contributed by atoms with E-state index in [1.165, 1.54) is 5.69 Å². The third-order valence-corrected chi connectivity index (χ3v) is 5.30. The quantitative estimate of drug-likeness (QED) is 0.308. The lowest BCUT2D eigenvalue weighted by atomic mass is 10.1. The van der Waals surface area contributed by atoms with Crippen LogP contribution in [0.15, 0.2) is 44.3 Å². The number of guanidine groups is 1. The van der Waals surface area contributed by atoms with Gasteiger partial charge in [-0.15, -0.1) is 24.0 Å². The van der Waals surface area contributed by atoms with Crippen LogP contribution in [0, 0.1) is 0 Å². The largest absolute Gasteiger partial charge is 0.368 e. The third-order valence-electron chi connectivity index (χ3n) is 4.63. The number of aromatic nitrogens is 1. The van der Waals surface area contributed by atoms with E-state index < -0.39 is 0 Å². The molecule has 154 valence electrons. The molecule has 8 heteroatoms. The van der Waals surface area contributed by atoms with E-state index in [0.717, 1.165) is 47.9 Å². The van der Waals surface area contributed by atoms with Gasteiger partial charge < -0.3 is 20.1 Å². The number of para-hydroxylation sites is 1. The first-order valence-electron chi connectivity index (χ1n) is 9.56. The van der Waals surface area contributed by atoms with Gasteiger partial charge in [-0.1, -0.05) is 31.1 Å². The Morgan fingerprint density at radius 2 is 2.18 bits per heavy atom. The maximum Gasteiger partial charge on any atom is 0.191 e. The van der Waals surface area contributed by atoms with Crippen LogP contribution in [0.2, 0.25) is 0 Å². The van der Waals surface area contributed by atoms with Crippen molar-refractivity contribution in [2.75, 3.05) is 24.5 Å². The lowest BCUT2D eigenvalue weighted by Crippen LogP contribution is -2.44. The van der Waals surface area contributed by atoms with Crippen molar-refractivity contribution in [1.82, 2.24) is 15.8 Å². The Labute approximate surface area is 192 Å². The average molecular weight is 562 g/mol. The molecular formula is C20H29BrIN5O. The van der Waals surface area contributed by atoms with Gasteiger partial charge in [-0.05, 0) is 47.3 Å². The summed E-state index contributed by atoms with van der Waals surface area (Å²) >= 11 is 3.65. The van der Waals surface area contributed by atoms with Crippen molar-refractivity contribution in [3.8, 4) is 0 Å². The van der Waals surface area contributed by atoms with E-state index in [1.54, 1.807) is 0 Å². The maximum atomic E-state index is 5.39. The topological polar surface area (TPSA) is 65.7 Å². The van der Waals surface area contributed by atoms with E-state index in [-0.39, 0.29) is 24.0 Å². The molecule has 0 saturated carbocycles. The number of benzene rings is 1. The summed E-state index contributed by atoms with van der Waals surface area (Å²) in [5.74, 6) is 1.97. The number of anilines is 1. The predicted octanol–water partition coefficient (Wildman–Crippen LogP) is 4.51. The molecule has 0 spiro atoms. The highest BCUT2D eigenvalue weighted by Gasteiger charge is 2.24. The van der Waals surface area contributed by atoms with Gasteiger partial charge in [-0.25, -0.2) is 4.99 Å². The lowest BCUT2D eigenvalue weighted by Gasteiger charge is -2.21. The molecule has 1 aliphatic heterocycles. The van der Waals surface area contributed by atoms with Gasteiger partial charge in [0.1, 0.15) is 6.54 Å². The van der Waals surface area contributed by atoms with Crippen LogP contribution in [-0.2, 0) is 6.54 Å². The SMILES string of the molecule is CCNC(=NCc1cc(C(C)C)no1)NC1CCN(c2ccccc2Br)C1.I. The Kier molecular flexibility index (Phi) is 9.07. The third kappa shape index (κ3) is 6.10. The fraction of sp³-hybridized carbons (Fsp3) is 0.500. The minimum atomic E-state index is 0. The Morgan fingerprint density at radius 3 is 2.86 bits per heavy atom. The summed E-state index contributed by atoms with van der Waals surface area (Å²) in [6, 6.07) is 10.7. The van der Waals surface area contributed by atoms with Crippen LogP contribution in [0.5, 0.6) is 0 Å². The van der Waals surface area contributed by atoms with E-state index in [0.29, 0.717) is 18.5 Å². The predicted molar refractivity (Wildman–Crippen MR) is 129 cm³/mol. The van der Waals surface area contributed by atoms with Crippen molar-refractivity contribution in [3.63, 3.8) is 0 Å². The summed E-state index contributed by atoms with van der Waals surface area (Å²) in [4.78, 5) is 7.07. The summed E-state index contributed by atoms with van der Waals surface area (Å²) in [5.41, 5.74) is 2.21. The Bertz CT molecular complexity index is 779. The number of rotatable bonds is 6. The highest BCUT2D eigenvalue weighted by Crippen LogP contribution is 2.28. The molecule has 1 aliphatic rings. The van der Waals surface area contributed by atoms with Crippen molar-refractivity contribution >= 4 is 51.6 Å². The second-order valence-corrected chi connectivity index (χ2v) is 7.95. The second-order valence-electron chi connectivity index (χ2n) is 7.10. The summed E-state index contributed by atoms with van der Waals surface area (Å²) in [5, 5.41) is 11.0. The van der Waals surface area contributed by atoms with Crippen molar-refractivity contribution in [2.24, 2.45) is 4.99 Å². The maximum absolute atomic E-state index is 5.39. The molecule has 2 aromatic rings. The molecule has 0 bridgehead atoms. The van der Waals surface area contributed by atoms with Gasteiger partial charge >= 0.3 is 0 Å². The Balaban J connectivity index is 0.00000280. The first-order valence-corrected chi connectivity index (χ1v) is 10.4. The molecule has 1 fully saturated rings. The Hall–Kier alpha value is -1.29. The molecule has 0 aliphatic carbocycles. The zero-order valence-corrected chi connectivity index (χ0v) is 20.5. The van der Waals surface area contributed by atoms with Gasteiger partial charge in [0.15, 0.2) is 11.7 Å². The van der Waals surface area contributed by atoms with Crippen LogP contribution >= 0.6 is 39.9 Å². The lowest BCUT2D eigenvalue weighted by molar-refractivity contribution is 0.376. The van der Waals surface area contributed by atoms with Crippen molar-refractivity contribution in [3.05, 3.63) is 46.3 Å². The van der Waals surface area contributed by atoms with Crippen LogP contribution < -0.4 is 15.5 Å². The normalized spacial score (nSPS) is 17.0. The molecule has 2 heterocycles. The highest BCUT2D eigenvalue weighted by atomic mass is 127. The molecule has 1 aromatic heterocycles. The fourth-order valence-electron chi connectivity index (χ4n) is 3.15. The molecule has 1 unspecified atom stereocenters. The molecule has 2 N–H and O–H groups in total. The first-order chi connectivity index (χ1) is 13.1. The van der Waals surface area contributed by atoms with Gasteiger partial charge in [-0.3, -0.25) is 0 Å². The Morgan fingerprint density at radius 1 is 1.39 bits per heavy atom. The standard InChI is InChI=1S/C20H28BrN5O.HI/c1-4-22-20(23-12-16-11-18(14(2)3)25-27-16)24-15-9-10-26(13-15)19-8-6-5-7-17(19)21;/h5-8,11,14-15H,4,9-10,12-13H2,1-3H3,(H2,22,23,24);1H. The number of halogens is 2. The van der Waals surface area contributed by atoms with E-state index >= 15 is 0 Å². The van der Waals surface area contributed by atoms with E-state index in [4.69, 9.17) is 4.52 Å². The average Bonchev–Trinajstić information content (AvgIpc) is 3.30. The van der Waals surface area contributed by atoms with Gasteiger partial charge in [-0.2, -0.15) is 0 Å². The number of nitrogens with one attached hydrogen (secondary N) is 2. The van der Waals surface area contributed by atoms with Crippen molar-refractivity contribution < 1.29 is 4.52 Å². The second kappa shape index (κ2) is 11.0. The van der Waals surface area contributed by atoms with Crippen molar-refractivity contribution in [1.29, 1.82) is 0 Å². The molecule has 3 rings (SSSR count). The number of hydrogen-bond acceptors (Lipinski definition) is 4. The van der Waals surface area contributed by atoms with Crippen LogP contribution in [-0.4, -0.2) is 36.8 Å². The van der Waals surface area contributed by atoms with Gasteiger partial charge in [0.25, 0.3) is 0 Å². The molecule has 28 heavy (non-hydrogen) atoms. The number of hydrogen-bond donors (Lipinski definition) is 2. The highest BCUT2D eigenvalue weighted by molar-refractivity contribution is 14.0. The zero-order valence-electron chi connectivity index (χ0n) is 16.6. The number of aliphatic imine (C=N–C) groups is 1. The monoisotopic (exact) mass is 561 g/mol. The van der Waals surface area contributed by atoms with E-state index in [2.05, 4.69) is 80.6 Å². The van der Waals surface area contributed by atoms with E-state index in [9.17, 15) is 0 Å². The molecule has 0 radical (unpaired) electrons. The van der Waals surface area contributed by atoms with Crippen molar-refractivity contribution in [2.45, 2.75) is 45.7 Å². The summed E-state index contributed by atoms with van der Waals surface area (Å²) < 4.78 is 6.52. The summed E-state index contributed by atoms with van der Waals surface area (Å²) in [6.07, 6.45) is 1.07. The molecule has 0 amide bonds. The van der Waals surface area contributed by atoms with Crippen LogP contribution in [0.4, 0.5) is 5.69 Å². The van der Waals surface area contributed by atoms with Gasteiger partial charge in [0.2, 0.25) is 0 Å². The molecule has 1 aromatic carbocycles. The van der Waals surface area contributed by atoms with Crippen LogP contribution in [0.3, 0.4) is 0 Å². The minimum absolute atomic E-state index is 0. The summed E-state index contributed by atoms with van der Waals surface area (Å²) in [6.45, 7) is 9.56. The van der Waals surface area contributed by atoms with E-state index in [1.807, 2.05) is 12.1 Å². The zero-order chi connectivity index (χ0) is 19.2. The molecular weight excluding hydrogens is 533 g/mol. The fourth-order valence-corrected chi connectivity index (χ4v) is 3.69. The van der Waals surface area contributed by atoms with Crippen LogP contribution in [0.1, 0.15) is 44.6 Å². The minimum Gasteiger partial charge on any atom is -0.368 e. The van der Waals surface area contributed by atoms with Gasteiger partial charge in [0, 0.05) is 36.2 Å². The number of nitrogens with zero attached hydrogens (tertiary/aromatic N) is 3.